The first-order valence-corrected chi connectivity index (χ1v) is 7.96. The highest BCUT2D eigenvalue weighted by Crippen LogP contribution is 2.29. The summed E-state index contributed by atoms with van der Waals surface area (Å²) in [5, 5.41) is 3.41. The molecule has 100 valence electrons. The molecule has 0 atom stereocenters. The number of nitrogens with one attached hydrogen (secondary N) is 1. The summed E-state index contributed by atoms with van der Waals surface area (Å²) in [7, 11) is 0. The summed E-state index contributed by atoms with van der Waals surface area (Å²) in [6.45, 7) is 0. The minimum Gasteiger partial charge on any atom is -0.298 e. The summed E-state index contributed by atoms with van der Waals surface area (Å²) in [5.74, 6) is -0.192. The number of hydrogen-bond acceptors (Lipinski definition) is 5. The highest BCUT2D eigenvalue weighted by atomic mass is 32.2. The number of aromatic nitrogens is 2. The molecule has 0 fully saturated rings. The fourth-order valence-electron chi connectivity index (χ4n) is 1.75. The Morgan fingerprint density at radius 2 is 2.25 bits per heavy atom. The van der Waals surface area contributed by atoms with E-state index in [0.29, 0.717) is 10.7 Å². The molecule has 4 nitrogen and oxygen atoms in total. The number of carbonyl (C=O) groups is 1. The van der Waals surface area contributed by atoms with Crippen molar-refractivity contribution in [3.8, 4) is 0 Å². The first-order chi connectivity index (χ1) is 9.76. The van der Waals surface area contributed by atoms with Crippen molar-refractivity contribution in [1.29, 1.82) is 0 Å². The highest BCUT2D eigenvalue weighted by Gasteiger charge is 2.10. The maximum Gasteiger partial charge on any atom is 0.259 e. The van der Waals surface area contributed by atoms with Crippen molar-refractivity contribution in [2.45, 2.75) is 4.90 Å². The van der Waals surface area contributed by atoms with E-state index >= 15 is 0 Å². The van der Waals surface area contributed by atoms with Crippen LogP contribution in [0.15, 0.2) is 47.6 Å². The Morgan fingerprint density at radius 3 is 3.00 bits per heavy atom. The number of thioether (sulfide) groups is 1. The van der Waals surface area contributed by atoms with Gasteiger partial charge in [0.1, 0.15) is 0 Å². The zero-order valence-corrected chi connectivity index (χ0v) is 12.3. The van der Waals surface area contributed by atoms with Crippen LogP contribution in [0.5, 0.6) is 0 Å². The van der Waals surface area contributed by atoms with Gasteiger partial charge in [-0.3, -0.25) is 15.1 Å². The van der Waals surface area contributed by atoms with Crippen LogP contribution in [-0.4, -0.2) is 22.1 Å². The van der Waals surface area contributed by atoms with Crippen LogP contribution in [0.3, 0.4) is 0 Å². The summed E-state index contributed by atoms with van der Waals surface area (Å²) in [6.07, 6.45) is 5.21. The van der Waals surface area contributed by atoms with Gasteiger partial charge in [0.05, 0.1) is 15.8 Å². The molecule has 0 saturated heterocycles. The van der Waals surface area contributed by atoms with Gasteiger partial charge in [0.15, 0.2) is 5.13 Å². The smallest absolute Gasteiger partial charge is 0.259 e. The Kier molecular flexibility index (Phi) is 3.66. The molecule has 0 unspecified atom stereocenters. The van der Waals surface area contributed by atoms with Gasteiger partial charge in [-0.2, -0.15) is 0 Å². The molecular weight excluding hydrogens is 290 g/mol. The SMILES string of the molecule is CSc1ccc2nc(NC(=O)c3cccnc3)sc2c1. The summed E-state index contributed by atoms with van der Waals surface area (Å²) < 4.78 is 1.07. The zero-order valence-electron chi connectivity index (χ0n) is 10.7. The molecule has 3 rings (SSSR count). The molecule has 0 aliphatic carbocycles. The molecule has 0 aliphatic rings. The minimum atomic E-state index is -0.192. The standard InChI is InChI=1S/C14H11N3OS2/c1-19-10-4-5-11-12(7-10)20-14(16-11)17-13(18)9-3-2-6-15-8-9/h2-8H,1H3,(H,16,17,18). The van der Waals surface area contributed by atoms with E-state index in [4.69, 9.17) is 0 Å². The topological polar surface area (TPSA) is 54.9 Å². The van der Waals surface area contributed by atoms with E-state index in [1.54, 1.807) is 30.1 Å². The van der Waals surface area contributed by atoms with Gasteiger partial charge in [0.2, 0.25) is 0 Å². The third-order valence-corrected chi connectivity index (χ3v) is 4.40. The van der Waals surface area contributed by atoms with Gasteiger partial charge < -0.3 is 0 Å². The number of hydrogen-bond donors (Lipinski definition) is 1. The predicted octanol–water partition coefficient (Wildman–Crippen LogP) is 3.67. The number of anilines is 1. The summed E-state index contributed by atoms with van der Waals surface area (Å²) in [5.41, 5.74) is 1.42. The number of benzene rings is 1. The fourth-order valence-corrected chi connectivity index (χ4v) is 3.17. The Labute approximate surface area is 124 Å². The predicted molar refractivity (Wildman–Crippen MR) is 83.6 cm³/mol. The van der Waals surface area contributed by atoms with Gasteiger partial charge >= 0.3 is 0 Å². The number of fused-ring (bicyclic) bond motifs is 1. The molecule has 3 aromatic rings. The van der Waals surface area contributed by atoms with Crippen LogP contribution < -0.4 is 5.32 Å². The monoisotopic (exact) mass is 301 g/mol. The van der Waals surface area contributed by atoms with E-state index in [9.17, 15) is 4.79 Å². The second-order valence-corrected chi connectivity index (χ2v) is 5.96. The molecule has 0 bridgehead atoms. The molecule has 6 heteroatoms. The van der Waals surface area contributed by atoms with Crippen LogP contribution in [-0.2, 0) is 0 Å². The lowest BCUT2D eigenvalue weighted by Gasteiger charge is -1.99. The van der Waals surface area contributed by atoms with Crippen LogP contribution in [0.4, 0.5) is 5.13 Å². The Morgan fingerprint density at radius 1 is 1.35 bits per heavy atom. The second-order valence-electron chi connectivity index (χ2n) is 4.05. The molecule has 1 amide bonds. The first-order valence-electron chi connectivity index (χ1n) is 5.92. The molecule has 20 heavy (non-hydrogen) atoms. The summed E-state index contributed by atoms with van der Waals surface area (Å²) in [4.78, 5) is 21.6. The van der Waals surface area contributed by atoms with Crippen molar-refractivity contribution in [3.63, 3.8) is 0 Å². The fraction of sp³-hybridized carbons (Fsp3) is 0.0714. The lowest BCUT2D eigenvalue weighted by atomic mass is 10.3. The number of pyridine rings is 1. The Balaban J connectivity index is 1.86. The molecule has 1 aromatic carbocycles. The average Bonchev–Trinajstić information content (AvgIpc) is 2.89. The van der Waals surface area contributed by atoms with E-state index in [1.165, 1.54) is 22.4 Å². The largest absolute Gasteiger partial charge is 0.298 e. The number of nitrogens with zero attached hydrogens (tertiary/aromatic N) is 2. The van der Waals surface area contributed by atoms with Crippen LogP contribution in [0.25, 0.3) is 10.2 Å². The number of amides is 1. The van der Waals surface area contributed by atoms with Crippen LogP contribution >= 0.6 is 23.1 Å². The third kappa shape index (κ3) is 2.66. The van der Waals surface area contributed by atoms with E-state index < -0.39 is 0 Å². The molecule has 0 spiro atoms. The zero-order chi connectivity index (χ0) is 13.9. The Bertz CT molecular complexity index is 755. The van der Waals surface area contributed by atoms with Crippen molar-refractivity contribution in [2.24, 2.45) is 0 Å². The quantitative estimate of drug-likeness (QED) is 0.750. The summed E-state index contributed by atoms with van der Waals surface area (Å²) in [6, 6.07) is 9.54. The molecule has 2 heterocycles. The average molecular weight is 301 g/mol. The molecule has 0 saturated carbocycles. The lowest BCUT2D eigenvalue weighted by molar-refractivity contribution is 0.102. The molecule has 2 aromatic heterocycles. The highest BCUT2D eigenvalue weighted by molar-refractivity contribution is 7.98. The summed E-state index contributed by atoms with van der Waals surface area (Å²) >= 11 is 3.16. The van der Waals surface area contributed by atoms with Gasteiger partial charge in [-0.05, 0) is 36.6 Å². The first kappa shape index (κ1) is 13.1. The Hall–Kier alpha value is -1.92. The minimum absolute atomic E-state index is 0.192. The van der Waals surface area contributed by atoms with Crippen molar-refractivity contribution < 1.29 is 4.79 Å². The van der Waals surface area contributed by atoms with Gasteiger partial charge in [0, 0.05) is 17.3 Å². The van der Waals surface area contributed by atoms with E-state index in [1.807, 2.05) is 18.4 Å². The van der Waals surface area contributed by atoms with Gasteiger partial charge in [-0.1, -0.05) is 11.3 Å². The van der Waals surface area contributed by atoms with Crippen LogP contribution in [0.1, 0.15) is 10.4 Å². The molecular formula is C14H11N3OS2. The lowest BCUT2D eigenvalue weighted by Crippen LogP contribution is -2.11. The van der Waals surface area contributed by atoms with E-state index in [0.717, 1.165) is 10.2 Å². The maximum absolute atomic E-state index is 12.0. The van der Waals surface area contributed by atoms with Crippen molar-refractivity contribution in [3.05, 3.63) is 48.3 Å². The normalized spacial score (nSPS) is 10.7. The van der Waals surface area contributed by atoms with Crippen molar-refractivity contribution in [2.75, 3.05) is 11.6 Å². The second kappa shape index (κ2) is 5.60. The van der Waals surface area contributed by atoms with Crippen LogP contribution in [0, 0.1) is 0 Å². The molecule has 0 radical (unpaired) electrons. The van der Waals surface area contributed by atoms with Gasteiger partial charge in [-0.15, -0.1) is 11.8 Å². The number of rotatable bonds is 3. The number of carbonyl (C=O) groups excluding carboxylic acids is 1. The van der Waals surface area contributed by atoms with Gasteiger partial charge in [-0.25, -0.2) is 4.98 Å². The van der Waals surface area contributed by atoms with E-state index in [2.05, 4.69) is 21.4 Å². The third-order valence-electron chi connectivity index (χ3n) is 2.74. The van der Waals surface area contributed by atoms with Crippen molar-refractivity contribution in [1.82, 2.24) is 9.97 Å². The molecule has 0 aliphatic heterocycles. The van der Waals surface area contributed by atoms with Gasteiger partial charge in [0.25, 0.3) is 5.91 Å². The number of thiazole rings is 1. The van der Waals surface area contributed by atoms with Crippen LogP contribution in [0.2, 0.25) is 0 Å². The van der Waals surface area contributed by atoms with Crippen molar-refractivity contribution >= 4 is 44.4 Å². The van der Waals surface area contributed by atoms with E-state index in [-0.39, 0.29) is 5.91 Å². The maximum atomic E-state index is 12.0. The molecule has 1 N–H and O–H groups in total.